The molecule has 4 nitrogen and oxygen atoms in total. The number of alkyl halides is 1. The van der Waals surface area contributed by atoms with Gasteiger partial charge in [0.2, 0.25) is 5.91 Å². The van der Waals surface area contributed by atoms with Gasteiger partial charge in [-0.3, -0.25) is 4.79 Å². The number of rotatable bonds is 6. The number of amides is 1. The van der Waals surface area contributed by atoms with Crippen LogP contribution < -0.4 is 4.90 Å². The third-order valence-electron chi connectivity index (χ3n) is 3.57. The first-order chi connectivity index (χ1) is 10.2. The lowest BCUT2D eigenvalue weighted by Gasteiger charge is -2.16. The molecule has 1 unspecified atom stereocenters. The molecule has 2 rings (SSSR count). The summed E-state index contributed by atoms with van der Waals surface area (Å²) in [6.07, 6.45) is 2.35. The number of carbonyl (C=O) groups excluding carboxylic acids is 2. The van der Waals surface area contributed by atoms with Crippen LogP contribution in [0.3, 0.4) is 0 Å². The number of unbranched alkanes of at least 4 members (excludes halogenated alkanes) is 1. The van der Waals surface area contributed by atoms with Gasteiger partial charge >= 0.3 is 5.97 Å². The summed E-state index contributed by atoms with van der Waals surface area (Å²) in [7, 11) is 0. The van der Waals surface area contributed by atoms with E-state index in [1.165, 1.54) is 0 Å². The number of hydrogen-bond acceptors (Lipinski definition) is 3. The van der Waals surface area contributed by atoms with Crippen LogP contribution in [0.25, 0.3) is 0 Å². The Hall–Kier alpha value is -1.55. The number of carbonyl (C=O) groups is 2. The molecule has 1 aliphatic rings. The van der Waals surface area contributed by atoms with Gasteiger partial charge in [-0.25, -0.2) is 4.79 Å². The molecule has 1 heterocycles. The van der Waals surface area contributed by atoms with Gasteiger partial charge < -0.3 is 9.64 Å². The van der Waals surface area contributed by atoms with Gasteiger partial charge in [0.1, 0.15) is 0 Å². The third-order valence-corrected chi connectivity index (χ3v) is 4.01. The van der Waals surface area contributed by atoms with E-state index in [0.717, 1.165) is 18.5 Å². The van der Waals surface area contributed by atoms with Gasteiger partial charge in [-0.05, 0) is 36.6 Å². The lowest BCUT2D eigenvalue weighted by atomic mass is 10.1. The summed E-state index contributed by atoms with van der Waals surface area (Å²) in [6.45, 7) is 3.13. The highest BCUT2D eigenvalue weighted by Gasteiger charge is 2.29. The van der Waals surface area contributed by atoms with Crippen molar-refractivity contribution in [3.63, 3.8) is 0 Å². The number of nitrogens with zero attached hydrogens (tertiary/aromatic N) is 1. The van der Waals surface area contributed by atoms with E-state index in [1.54, 1.807) is 29.2 Å². The van der Waals surface area contributed by atoms with E-state index in [2.05, 4.69) is 0 Å². The van der Waals surface area contributed by atoms with Crippen LogP contribution in [-0.4, -0.2) is 30.9 Å². The summed E-state index contributed by atoms with van der Waals surface area (Å²) in [6, 6.07) is 6.96. The minimum atomic E-state index is -0.318. The van der Waals surface area contributed by atoms with Crippen LogP contribution in [0.2, 0.25) is 0 Å². The molecular weight excluding hydrogens is 290 g/mol. The average Bonchev–Trinajstić information content (AvgIpc) is 2.89. The number of anilines is 1. The Morgan fingerprint density at radius 3 is 2.67 bits per heavy atom. The smallest absolute Gasteiger partial charge is 0.338 e. The SMILES string of the molecule is CCCCOC(=O)c1ccc(N2CC(CCl)CC2=O)cc1. The highest BCUT2D eigenvalue weighted by molar-refractivity contribution is 6.18. The lowest BCUT2D eigenvalue weighted by Crippen LogP contribution is -2.24. The first-order valence-electron chi connectivity index (χ1n) is 7.29. The van der Waals surface area contributed by atoms with Crippen molar-refractivity contribution in [2.75, 3.05) is 23.9 Å². The quantitative estimate of drug-likeness (QED) is 0.460. The molecule has 0 bridgehead atoms. The molecule has 114 valence electrons. The first-order valence-corrected chi connectivity index (χ1v) is 7.82. The Kier molecular flexibility index (Phi) is 5.62. The van der Waals surface area contributed by atoms with Crippen LogP contribution in [0.4, 0.5) is 5.69 Å². The minimum Gasteiger partial charge on any atom is -0.462 e. The molecule has 0 aliphatic carbocycles. The maximum atomic E-state index is 11.9. The first kappa shape index (κ1) is 15.8. The van der Waals surface area contributed by atoms with Gasteiger partial charge in [0.05, 0.1) is 12.2 Å². The van der Waals surface area contributed by atoms with Gasteiger partial charge in [-0.2, -0.15) is 0 Å². The number of halogens is 1. The largest absolute Gasteiger partial charge is 0.462 e. The second-order valence-electron chi connectivity index (χ2n) is 5.27. The summed E-state index contributed by atoms with van der Waals surface area (Å²) in [5.74, 6) is 0.461. The Labute approximate surface area is 130 Å². The highest BCUT2D eigenvalue weighted by atomic mass is 35.5. The molecule has 1 saturated heterocycles. The Balaban J connectivity index is 1.99. The molecule has 0 aromatic heterocycles. The molecule has 1 atom stereocenters. The second kappa shape index (κ2) is 7.46. The fourth-order valence-corrected chi connectivity index (χ4v) is 2.51. The summed E-state index contributed by atoms with van der Waals surface area (Å²) in [4.78, 5) is 25.4. The topological polar surface area (TPSA) is 46.6 Å². The van der Waals surface area contributed by atoms with Crippen LogP contribution in [0, 0.1) is 5.92 Å². The zero-order valence-corrected chi connectivity index (χ0v) is 12.9. The van der Waals surface area contributed by atoms with Gasteiger partial charge in [0.15, 0.2) is 0 Å². The van der Waals surface area contributed by atoms with Crippen LogP contribution in [0.5, 0.6) is 0 Å². The summed E-state index contributed by atoms with van der Waals surface area (Å²) < 4.78 is 5.15. The van der Waals surface area contributed by atoms with Gasteiger partial charge in [-0.15, -0.1) is 11.6 Å². The molecule has 0 saturated carbocycles. The van der Waals surface area contributed by atoms with Crippen molar-refractivity contribution in [1.29, 1.82) is 0 Å². The molecule has 0 N–H and O–H groups in total. The lowest BCUT2D eigenvalue weighted by molar-refractivity contribution is -0.117. The van der Waals surface area contributed by atoms with Crippen molar-refractivity contribution in [3.8, 4) is 0 Å². The van der Waals surface area contributed by atoms with Crippen molar-refractivity contribution in [3.05, 3.63) is 29.8 Å². The number of benzene rings is 1. The predicted octanol–water partition coefficient (Wildman–Crippen LogP) is 3.24. The van der Waals surface area contributed by atoms with E-state index < -0.39 is 0 Å². The van der Waals surface area contributed by atoms with Gasteiger partial charge in [-0.1, -0.05) is 13.3 Å². The summed E-state index contributed by atoms with van der Waals surface area (Å²) in [5.41, 5.74) is 1.31. The fourth-order valence-electron chi connectivity index (χ4n) is 2.30. The van der Waals surface area contributed by atoms with Gasteiger partial charge in [0, 0.05) is 24.5 Å². The Morgan fingerprint density at radius 1 is 1.38 bits per heavy atom. The molecule has 1 aromatic rings. The van der Waals surface area contributed by atoms with E-state index in [1.807, 2.05) is 6.92 Å². The fraction of sp³-hybridized carbons (Fsp3) is 0.500. The number of ether oxygens (including phenoxy) is 1. The number of hydrogen-bond donors (Lipinski definition) is 0. The molecule has 1 amide bonds. The standard InChI is InChI=1S/C16H20ClNO3/c1-2-3-8-21-16(20)13-4-6-14(7-5-13)18-11-12(10-17)9-15(18)19/h4-7,12H,2-3,8-11H2,1H3. The molecule has 1 aromatic carbocycles. The van der Waals surface area contributed by atoms with E-state index in [-0.39, 0.29) is 17.8 Å². The molecule has 21 heavy (non-hydrogen) atoms. The number of esters is 1. The Morgan fingerprint density at radius 2 is 2.10 bits per heavy atom. The van der Waals surface area contributed by atoms with Crippen molar-refractivity contribution >= 4 is 29.2 Å². The normalized spacial score (nSPS) is 18.1. The monoisotopic (exact) mass is 309 g/mol. The van der Waals surface area contributed by atoms with E-state index in [4.69, 9.17) is 16.3 Å². The van der Waals surface area contributed by atoms with E-state index in [9.17, 15) is 9.59 Å². The van der Waals surface area contributed by atoms with Crippen LogP contribution in [-0.2, 0) is 9.53 Å². The zero-order valence-electron chi connectivity index (χ0n) is 12.2. The predicted molar refractivity (Wildman–Crippen MR) is 82.8 cm³/mol. The van der Waals surface area contributed by atoms with E-state index in [0.29, 0.717) is 31.0 Å². The molecule has 0 radical (unpaired) electrons. The molecular formula is C16H20ClNO3. The maximum absolute atomic E-state index is 11.9. The zero-order chi connectivity index (χ0) is 15.2. The van der Waals surface area contributed by atoms with Crippen molar-refractivity contribution in [2.24, 2.45) is 5.92 Å². The molecule has 1 aliphatic heterocycles. The highest BCUT2D eigenvalue weighted by Crippen LogP contribution is 2.26. The summed E-state index contributed by atoms with van der Waals surface area (Å²) >= 11 is 5.81. The van der Waals surface area contributed by atoms with Crippen LogP contribution >= 0.6 is 11.6 Å². The van der Waals surface area contributed by atoms with Crippen molar-refractivity contribution in [2.45, 2.75) is 26.2 Å². The summed E-state index contributed by atoms with van der Waals surface area (Å²) in [5, 5.41) is 0. The van der Waals surface area contributed by atoms with Crippen LogP contribution in [0.15, 0.2) is 24.3 Å². The Bertz CT molecular complexity index is 501. The maximum Gasteiger partial charge on any atom is 0.338 e. The van der Waals surface area contributed by atoms with Crippen LogP contribution in [0.1, 0.15) is 36.5 Å². The molecule has 0 spiro atoms. The molecule has 1 fully saturated rings. The molecule has 5 heteroatoms. The van der Waals surface area contributed by atoms with E-state index >= 15 is 0 Å². The van der Waals surface area contributed by atoms with Gasteiger partial charge in [0.25, 0.3) is 0 Å². The average molecular weight is 310 g/mol. The van der Waals surface area contributed by atoms with Crippen molar-refractivity contribution in [1.82, 2.24) is 0 Å². The minimum absolute atomic E-state index is 0.0823. The third kappa shape index (κ3) is 3.97. The van der Waals surface area contributed by atoms with Crippen molar-refractivity contribution < 1.29 is 14.3 Å². The second-order valence-corrected chi connectivity index (χ2v) is 5.57.